The first-order valence-electron chi connectivity index (χ1n) is 6.60. The van der Waals surface area contributed by atoms with Crippen molar-refractivity contribution >= 4 is 11.0 Å². The van der Waals surface area contributed by atoms with E-state index in [0.29, 0.717) is 18.1 Å². The Hall–Kier alpha value is -2.21. The van der Waals surface area contributed by atoms with Crippen molar-refractivity contribution in [2.75, 3.05) is 7.11 Å². The topological polar surface area (TPSA) is 76.8 Å². The molecule has 0 aromatic carbocycles. The molecule has 1 aliphatic rings. The van der Waals surface area contributed by atoms with Crippen LogP contribution in [0.4, 0.5) is 0 Å². The standard InChI is InChI=1S/C14H14N4O2/c1-19-14(4-5-14)8-11-17-13(20-18-11)10-3-7-16-12-9(10)2-6-15-12/h2-3,6-7H,4-5,8H2,1H3,(H,15,16). The molecule has 0 amide bonds. The van der Waals surface area contributed by atoms with Gasteiger partial charge in [0.25, 0.3) is 5.89 Å². The summed E-state index contributed by atoms with van der Waals surface area (Å²) in [5, 5.41) is 5.04. The zero-order chi connectivity index (χ0) is 13.6. The fourth-order valence-electron chi connectivity index (χ4n) is 2.46. The molecule has 4 rings (SSSR count). The Morgan fingerprint density at radius 2 is 2.30 bits per heavy atom. The van der Waals surface area contributed by atoms with E-state index in [1.54, 1.807) is 13.3 Å². The minimum absolute atomic E-state index is 0.0667. The van der Waals surface area contributed by atoms with Crippen LogP contribution in [0.2, 0.25) is 0 Å². The van der Waals surface area contributed by atoms with Crippen LogP contribution >= 0.6 is 0 Å². The molecule has 1 aliphatic carbocycles. The van der Waals surface area contributed by atoms with E-state index >= 15 is 0 Å². The maximum atomic E-state index is 5.49. The zero-order valence-corrected chi connectivity index (χ0v) is 11.1. The summed E-state index contributed by atoms with van der Waals surface area (Å²) in [5.41, 5.74) is 1.65. The highest BCUT2D eigenvalue weighted by Crippen LogP contribution is 2.41. The molecule has 3 heterocycles. The Kier molecular flexibility index (Phi) is 2.40. The van der Waals surface area contributed by atoms with Crippen LogP contribution in [0, 0.1) is 0 Å². The normalized spacial score (nSPS) is 16.6. The van der Waals surface area contributed by atoms with Crippen LogP contribution in [0.5, 0.6) is 0 Å². The number of aromatic nitrogens is 4. The van der Waals surface area contributed by atoms with Gasteiger partial charge >= 0.3 is 0 Å². The number of hydrogen-bond acceptors (Lipinski definition) is 5. The first-order valence-corrected chi connectivity index (χ1v) is 6.60. The molecule has 3 aromatic heterocycles. The fourth-order valence-corrected chi connectivity index (χ4v) is 2.46. The molecule has 1 N–H and O–H groups in total. The molecule has 6 heteroatoms. The van der Waals surface area contributed by atoms with Gasteiger partial charge in [-0.25, -0.2) is 4.98 Å². The summed E-state index contributed by atoms with van der Waals surface area (Å²) in [6, 6.07) is 3.84. The van der Waals surface area contributed by atoms with Crippen LogP contribution in [0.15, 0.2) is 29.0 Å². The summed E-state index contributed by atoms with van der Waals surface area (Å²) < 4.78 is 10.9. The van der Waals surface area contributed by atoms with E-state index in [0.717, 1.165) is 29.4 Å². The van der Waals surface area contributed by atoms with Crippen LogP contribution in [0.25, 0.3) is 22.5 Å². The van der Waals surface area contributed by atoms with E-state index in [4.69, 9.17) is 9.26 Å². The van der Waals surface area contributed by atoms with Crippen molar-refractivity contribution in [3.63, 3.8) is 0 Å². The summed E-state index contributed by atoms with van der Waals surface area (Å²) in [4.78, 5) is 11.8. The lowest BCUT2D eigenvalue weighted by molar-refractivity contribution is 0.0784. The molecule has 0 spiro atoms. The minimum Gasteiger partial charge on any atom is -0.378 e. The largest absolute Gasteiger partial charge is 0.378 e. The number of aromatic amines is 1. The van der Waals surface area contributed by atoms with Gasteiger partial charge in [-0.05, 0) is 25.0 Å². The number of ether oxygens (including phenoxy) is 1. The average molecular weight is 270 g/mol. The van der Waals surface area contributed by atoms with Gasteiger partial charge in [-0.3, -0.25) is 0 Å². The van der Waals surface area contributed by atoms with E-state index in [2.05, 4.69) is 20.1 Å². The molecular formula is C14H14N4O2. The van der Waals surface area contributed by atoms with Gasteiger partial charge in [0.05, 0.1) is 11.2 Å². The molecule has 20 heavy (non-hydrogen) atoms. The lowest BCUT2D eigenvalue weighted by Gasteiger charge is -2.08. The van der Waals surface area contributed by atoms with Crippen molar-refractivity contribution in [2.24, 2.45) is 0 Å². The van der Waals surface area contributed by atoms with E-state index in [9.17, 15) is 0 Å². The second-order valence-electron chi connectivity index (χ2n) is 5.18. The number of nitrogens with one attached hydrogen (secondary N) is 1. The first-order chi connectivity index (χ1) is 9.80. The summed E-state index contributed by atoms with van der Waals surface area (Å²) in [7, 11) is 1.74. The monoisotopic (exact) mass is 270 g/mol. The van der Waals surface area contributed by atoms with Crippen LogP contribution < -0.4 is 0 Å². The SMILES string of the molecule is COC1(Cc2noc(-c3ccnc4[nH]ccc34)n2)CC1. The highest BCUT2D eigenvalue weighted by molar-refractivity contribution is 5.90. The van der Waals surface area contributed by atoms with Crippen LogP contribution in [-0.4, -0.2) is 32.8 Å². The van der Waals surface area contributed by atoms with Gasteiger partial charge in [0.2, 0.25) is 0 Å². The highest BCUT2D eigenvalue weighted by atomic mass is 16.5. The number of pyridine rings is 1. The van der Waals surface area contributed by atoms with Crippen molar-refractivity contribution in [1.29, 1.82) is 0 Å². The average Bonchev–Trinajstić information content (AvgIpc) is 2.90. The summed E-state index contributed by atoms with van der Waals surface area (Å²) in [5.74, 6) is 1.22. The molecule has 102 valence electrons. The van der Waals surface area contributed by atoms with Crippen molar-refractivity contribution in [3.8, 4) is 11.5 Å². The Morgan fingerprint density at radius 1 is 1.40 bits per heavy atom. The second-order valence-corrected chi connectivity index (χ2v) is 5.18. The molecule has 1 saturated carbocycles. The molecule has 0 aliphatic heterocycles. The number of rotatable bonds is 4. The highest BCUT2D eigenvalue weighted by Gasteiger charge is 2.44. The minimum atomic E-state index is -0.0667. The van der Waals surface area contributed by atoms with Crippen molar-refractivity contribution in [3.05, 3.63) is 30.4 Å². The van der Waals surface area contributed by atoms with Crippen LogP contribution in [0.3, 0.4) is 0 Å². The lowest BCUT2D eigenvalue weighted by Crippen LogP contribution is -2.15. The van der Waals surface area contributed by atoms with Crippen molar-refractivity contribution in [2.45, 2.75) is 24.9 Å². The zero-order valence-electron chi connectivity index (χ0n) is 11.1. The predicted octanol–water partition coefficient (Wildman–Crippen LogP) is 2.33. The summed E-state index contributed by atoms with van der Waals surface area (Å²) >= 11 is 0. The van der Waals surface area contributed by atoms with Crippen molar-refractivity contribution < 1.29 is 9.26 Å². The van der Waals surface area contributed by atoms with E-state index in [-0.39, 0.29) is 5.60 Å². The fraction of sp³-hybridized carbons (Fsp3) is 0.357. The molecular weight excluding hydrogens is 256 g/mol. The first kappa shape index (κ1) is 11.6. The summed E-state index contributed by atoms with van der Waals surface area (Å²) in [6.45, 7) is 0. The van der Waals surface area contributed by atoms with Crippen molar-refractivity contribution in [1.82, 2.24) is 20.1 Å². The van der Waals surface area contributed by atoms with E-state index in [1.165, 1.54) is 0 Å². The molecule has 0 saturated heterocycles. The van der Waals surface area contributed by atoms with Gasteiger partial charge in [-0.1, -0.05) is 5.16 Å². The third kappa shape index (κ3) is 1.80. The number of H-pyrrole nitrogens is 1. The molecule has 6 nitrogen and oxygen atoms in total. The van der Waals surface area contributed by atoms with Gasteiger partial charge in [0.15, 0.2) is 5.82 Å². The van der Waals surface area contributed by atoms with Gasteiger partial charge in [0.1, 0.15) is 5.65 Å². The Morgan fingerprint density at radius 3 is 3.10 bits per heavy atom. The molecule has 0 radical (unpaired) electrons. The maximum absolute atomic E-state index is 5.49. The second kappa shape index (κ2) is 4.14. The summed E-state index contributed by atoms with van der Waals surface area (Å²) in [6.07, 6.45) is 6.40. The quantitative estimate of drug-likeness (QED) is 0.787. The number of nitrogens with zero attached hydrogens (tertiary/aromatic N) is 3. The van der Waals surface area contributed by atoms with E-state index < -0.39 is 0 Å². The maximum Gasteiger partial charge on any atom is 0.258 e. The smallest absolute Gasteiger partial charge is 0.258 e. The van der Waals surface area contributed by atoms with Crippen LogP contribution in [0.1, 0.15) is 18.7 Å². The van der Waals surface area contributed by atoms with Crippen LogP contribution in [-0.2, 0) is 11.2 Å². The molecule has 0 bridgehead atoms. The van der Waals surface area contributed by atoms with E-state index in [1.807, 2.05) is 18.3 Å². The molecule has 1 fully saturated rings. The molecule has 0 atom stereocenters. The van der Waals surface area contributed by atoms with Gasteiger partial charge in [-0.15, -0.1) is 0 Å². The van der Waals surface area contributed by atoms with Gasteiger partial charge in [0, 0.05) is 31.3 Å². The number of methoxy groups -OCH3 is 1. The number of fused-ring (bicyclic) bond motifs is 1. The molecule has 0 unspecified atom stereocenters. The predicted molar refractivity (Wildman–Crippen MR) is 72.1 cm³/mol. The van der Waals surface area contributed by atoms with Gasteiger partial charge < -0.3 is 14.2 Å². The Labute approximate surface area is 115 Å². The molecule has 3 aromatic rings. The Balaban J connectivity index is 1.69. The lowest BCUT2D eigenvalue weighted by atomic mass is 10.2. The van der Waals surface area contributed by atoms with Gasteiger partial charge in [-0.2, -0.15) is 4.98 Å². The Bertz CT molecular complexity index is 757. The third-order valence-electron chi connectivity index (χ3n) is 3.88. The number of hydrogen-bond donors (Lipinski definition) is 1. The third-order valence-corrected chi connectivity index (χ3v) is 3.88.